The Hall–Kier alpha value is -0.610. The van der Waals surface area contributed by atoms with E-state index in [1.54, 1.807) is 7.11 Å². The number of hydrogen-bond acceptors (Lipinski definition) is 4. The summed E-state index contributed by atoms with van der Waals surface area (Å²) in [5.41, 5.74) is -0.387. The number of carbonyl (C=O) groups is 1. The average Bonchev–Trinajstić information content (AvgIpc) is 2.08. The summed E-state index contributed by atoms with van der Waals surface area (Å²) in [7, 11) is 3.63. The van der Waals surface area contributed by atoms with Gasteiger partial charge in [-0.05, 0) is 27.8 Å². The summed E-state index contributed by atoms with van der Waals surface area (Å²) >= 11 is 0. The molecule has 0 N–H and O–H groups in total. The molecule has 0 aromatic heterocycles. The molecule has 0 aromatic rings. The molecule has 0 radical (unpaired) electrons. The molecule has 0 heterocycles. The number of carbonyl (C=O) groups excluding carboxylic acids is 1. The summed E-state index contributed by atoms with van der Waals surface area (Å²) in [6, 6.07) is 0. The number of hydrogen-bond donors (Lipinski definition) is 0. The second-order valence-electron chi connectivity index (χ2n) is 4.63. The molecule has 4 nitrogen and oxygen atoms in total. The summed E-state index contributed by atoms with van der Waals surface area (Å²) in [5, 5.41) is 0. The lowest BCUT2D eigenvalue weighted by Gasteiger charge is -2.21. The zero-order chi connectivity index (χ0) is 11.9. The Balaban J connectivity index is 3.62. The molecule has 0 saturated heterocycles. The third kappa shape index (κ3) is 9.69. The van der Waals surface area contributed by atoms with Crippen LogP contribution >= 0.6 is 0 Å². The Labute approximate surface area is 92.5 Å². The molecule has 0 aliphatic carbocycles. The average molecular weight is 217 g/mol. The number of rotatable bonds is 6. The van der Waals surface area contributed by atoms with Gasteiger partial charge in [0.2, 0.25) is 0 Å². The van der Waals surface area contributed by atoms with Crippen LogP contribution in [0.15, 0.2) is 0 Å². The van der Waals surface area contributed by atoms with E-state index in [0.717, 1.165) is 6.54 Å². The highest BCUT2D eigenvalue weighted by molar-refractivity contribution is 5.70. The van der Waals surface area contributed by atoms with Crippen molar-refractivity contribution in [2.75, 3.05) is 33.9 Å². The first-order chi connectivity index (χ1) is 6.85. The molecule has 0 atom stereocenters. The van der Waals surface area contributed by atoms with E-state index in [9.17, 15) is 4.79 Å². The molecule has 0 aliphatic rings. The van der Waals surface area contributed by atoms with Gasteiger partial charge in [-0.15, -0.1) is 0 Å². The lowest BCUT2D eigenvalue weighted by molar-refractivity contribution is -0.155. The van der Waals surface area contributed by atoms with Crippen molar-refractivity contribution >= 4 is 5.97 Å². The number of likely N-dealkylation sites (N-methyl/N-ethyl adjacent to an activating group) is 1. The van der Waals surface area contributed by atoms with Gasteiger partial charge in [0.05, 0.1) is 13.0 Å². The number of methoxy groups -OCH3 is 1. The maximum Gasteiger partial charge on any atom is 0.307 e. The van der Waals surface area contributed by atoms with E-state index >= 15 is 0 Å². The molecule has 0 amide bonds. The molecule has 0 spiro atoms. The molecule has 0 saturated carbocycles. The summed E-state index contributed by atoms with van der Waals surface area (Å²) in [6.45, 7) is 7.85. The van der Waals surface area contributed by atoms with Crippen molar-refractivity contribution in [3.63, 3.8) is 0 Å². The molecule has 0 rings (SSSR count). The van der Waals surface area contributed by atoms with Crippen molar-refractivity contribution < 1.29 is 14.3 Å². The van der Waals surface area contributed by atoms with Gasteiger partial charge in [-0.3, -0.25) is 4.79 Å². The number of esters is 1. The smallest absolute Gasteiger partial charge is 0.307 e. The Morgan fingerprint density at radius 2 is 1.87 bits per heavy atom. The number of nitrogens with zero attached hydrogens (tertiary/aromatic N) is 1. The fraction of sp³-hybridized carbons (Fsp3) is 0.909. The van der Waals surface area contributed by atoms with E-state index in [0.29, 0.717) is 19.6 Å². The second-order valence-corrected chi connectivity index (χ2v) is 4.63. The highest BCUT2D eigenvalue weighted by Crippen LogP contribution is 2.08. The monoisotopic (exact) mass is 217 g/mol. The first-order valence-corrected chi connectivity index (χ1v) is 5.24. The van der Waals surface area contributed by atoms with Crippen LogP contribution in [0.2, 0.25) is 0 Å². The van der Waals surface area contributed by atoms with E-state index in [2.05, 4.69) is 0 Å². The third-order valence-electron chi connectivity index (χ3n) is 1.79. The van der Waals surface area contributed by atoms with Crippen LogP contribution in [0.3, 0.4) is 0 Å². The maximum absolute atomic E-state index is 11.4. The Morgan fingerprint density at radius 3 is 2.33 bits per heavy atom. The van der Waals surface area contributed by atoms with E-state index in [1.807, 2.05) is 32.7 Å². The van der Waals surface area contributed by atoms with Gasteiger partial charge in [0.1, 0.15) is 5.60 Å². The standard InChI is InChI=1S/C11H23NO3/c1-11(2,3)15-10(13)6-7-12(4)8-9-14-5/h6-9H2,1-5H3. The Kier molecular flexibility index (Phi) is 6.52. The van der Waals surface area contributed by atoms with Crippen LogP contribution in [-0.4, -0.2) is 50.3 Å². The van der Waals surface area contributed by atoms with Crippen LogP contribution in [-0.2, 0) is 14.3 Å². The summed E-state index contributed by atoms with van der Waals surface area (Å²) < 4.78 is 10.1. The van der Waals surface area contributed by atoms with Gasteiger partial charge in [0.15, 0.2) is 0 Å². The van der Waals surface area contributed by atoms with Crippen molar-refractivity contribution in [1.29, 1.82) is 0 Å². The lowest BCUT2D eigenvalue weighted by atomic mass is 10.2. The molecule has 0 bridgehead atoms. The third-order valence-corrected chi connectivity index (χ3v) is 1.79. The van der Waals surface area contributed by atoms with E-state index < -0.39 is 0 Å². The van der Waals surface area contributed by atoms with Gasteiger partial charge < -0.3 is 14.4 Å². The highest BCUT2D eigenvalue weighted by Gasteiger charge is 2.16. The first-order valence-electron chi connectivity index (χ1n) is 5.24. The first kappa shape index (κ1) is 14.4. The summed E-state index contributed by atoms with van der Waals surface area (Å²) in [6.07, 6.45) is 0.428. The van der Waals surface area contributed by atoms with Gasteiger partial charge in [-0.25, -0.2) is 0 Å². The van der Waals surface area contributed by atoms with Crippen molar-refractivity contribution in [3.8, 4) is 0 Å². The van der Waals surface area contributed by atoms with Crippen LogP contribution in [0.4, 0.5) is 0 Å². The van der Waals surface area contributed by atoms with Crippen LogP contribution in [0.5, 0.6) is 0 Å². The second kappa shape index (κ2) is 6.80. The number of ether oxygens (including phenoxy) is 2. The molecule has 15 heavy (non-hydrogen) atoms. The summed E-state index contributed by atoms with van der Waals surface area (Å²) in [4.78, 5) is 13.4. The SMILES string of the molecule is COCCN(C)CCC(=O)OC(C)(C)C. The normalized spacial score (nSPS) is 11.9. The largest absolute Gasteiger partial charge is 0.460 e. The van der Waals surface area contributed by atoms with Crippen LogP contribution in [0, 0.1) is 0 Å². The van der Waals surface area contributed by atoms with Crippen molar-refractivity contribution in [2.24, 2.45) is 0 Å². The van der Waals surface area contributed by atoms with Crippen LogP contribution in [0.1, 0.15) is 27.2 Å². The molecule has 4 heteroatoms. The molecular formula is C11H23NO3. The topological polar surface area (TPSA) is 38.8 Å². The molecule has 0 fully saturated rings. The van der Waals surface area contributed by atoms with E-state index in [4.69, 9.17) is 9.47 Å². The lowest BCUT2D eigenvalue weighted by Crippen LogP contribution is -2.29. The molecule has 0 aliphatic heterocycles. The predicted octanol–water partition coefficient (Wildman–Crippen LogP) is 1.30. The van der Waals surface area contributed by atoms with Crippen molar-refractivity contribution in [3.05, 3.63) is 0 Å². The van der Waals surface area contributed by atoms with Gasteiger partial charge in [0, 0.05) is 20.2 Å². The molecular weight excluding hydrogens is 194 g/mol. The minimum absolute atomic E-state index is 0.147. The van der Waals surface area contributed by atoms with Crippen LogP contribution in [0.25, 0.3) is 0 Å². The van der Waals surface area contributed by atoms with Crippen molar-refractivity contribution in [1.82, 2.24) is 4.90 Å². The zero-order valence-electron chi connectivity index (χ0n) is 10.5. The zero-order valence-corrected chi connectivity index (χ0v) is 10.5. The predicted molar refractivity (Wildman–Crippen MR) is 59.8 cm³/mol. The molecule has 90 valence electrons. The van der Waals surface area contributed by atoms with Gasteiger partial charge in [-0.2, -0.15) is 0 Å². The van der Waals surface area contributed by atoms with Gasteiger partial charge in [-0.1, -0.05) is 0 Å². The minimum Gasteiger partial charge on any atom is -0.460 e. The van der Waals surface area contributed by atoms with Crippen molar-refractivity contribution in [2.45, 2.75) is 32.8 Å². The Bertz CT molecular complexity index is 187. The summed E-state index contributed by atoms with van der Waals surface area (Å²) in [5.74, 6) is -0.147. The van der Waals surface area contributed by atoms with Gasteiger partial charge in [0.25, 0.3) is 0 Å². The quantitative estimate of drug-likeness (QED) is 0.629. The van der Waals surface area contributed by atoms with Gasteiger partial charge >= 0.3 is 5.97 Å². The molecule has 0 unspecified atom stereocenters. The highest BCUT2D eigenvalue weighted by atomic mass is 16.6. The maximum atomic E-state index is 11.4. The minimum atomic E-state index is -0.387. The van der Waals surface area contributed by atoms with E-state index in [1.165, 1.54) is 0 Å². The Morgan fingerprint density at radius 1 is 1.27 bits per heavy atom. The molecule has 0 aromatic carbocycles. The fourth-order valence-corrected chi connectivity index (χ4v) is 1.03. The van der Waals surface area contributed by atoms with E-state index in [-0.39, 0.29) is 11.6 Å². The fourth-order valence-electron chi connectivity index (χ4n) is 1.03. The van der Waals surface area contributed by atoms with Crippen LogP contribution < -0.4 is 0 Å².